The van der Waals surface area contributed by atoms with E-state index in [9.17, 15) is 4.79 Å². The minimum absolute atomic E-state index is 0.190. The minimum Gasteiger partial charge on any atom is -0.355 e. The fourth-order valence-corrected chi connectivity index (χ4v) is 1.19. The first kappa shape index (κ1) is 12.0. The lowest BCUT2D eigenvalue weighted by Gasteiger charge is -2.03. The topological polar surface area (TPSA) is 29.1 Å². The van der Waals surface area contributed by atoms with E-state index in [2.05, 4.69) is 11.9 Å². The van der Waals surface area contributed by atoms with E-state index in [4.69, 9.17) is 11.6 Å². The van der Waals surface area contributed by atoms with Gasteiger partial charge in [-0.15, -0.1) is 0 Å². The van der Waals surface area contributed by atoms with Crippen LogP contribution in [0.15, 0.2) is 34.9 Å². The van der Waals surface area contributed by atoms with Crippen molar-refractivity contribution in [2.75, 3.05) is 7.05 Å². The molecule has 1 amide bonds. The third kappa shape index (κ3) is 3.95. The fourth-order valence-electron chi connectivity index (χ4n) is 0.806. The van der Waals surface area contributed by atoms with Crippen LogP contribution in [0.3, 0.4) is 0 Å². The Bertz CT molecular complexity index is 277. The molecule has 3 heteroatoms. The van der Waals surface area contributed by atoms with Gasteiger partial charge in [0.05, 0.1) is 10.6 Å². The van der Waals surface area contributed by atoms with Crippen LogP contribution in [0, 0.1) is 0 Å². The molecule has 0 fully saturated rings. The molecule has 0 heterocycles. The van der Waals surface area contributed by atoms with Crippen LogP contribution in [-0.2, 0) is 4.79 Å². The minimum atomic E-state index is -0.190. The van der Waals surface area contributed by atoms with Crippen LogP contribution < -0.4 is 5.32 Å². The van der Waals surface area contributed by atoms with Crippen LogP contribution in [0.25, 0.3) is 0 Å². The Morgan fingerprint density at radius 3 is 2.38 bits per heavy atom. The Morgan fingerprint density at radius 1 is 1.54 bits per heavy atom. The van der Waals surface area contributed by atoms with E-state index in [1.165, 1.54) is 0 Å². The smallest absolute Gasteiger partial charge is 0.252 e. The van der Waals surface area contributed by atoms with Crippen molar-refractivity contribution in [2.45, 2.75) is 13.8 Å². The van der Waals surface area contributed by atoms with Crippen LogP contribution in [0.4, 0.5) is 0 Å². The zero-order valence-electron chi connectivity index (χ0n) is 8.15. The Kier molecular flexibility index (Phi) is 5.16. The van der Waals surface area contributed by atoms with Crippen LogP contribution >= 0.6 is 11.6 Å². The number of hydrogen-bond acceptors (Lipinski definition) is 1. The number of amides is 1. The Morgan fingerprint density at radius 2 is 2.08 bits per heavy atom. The molecule has 2 nitrogen and oxygen atoms in total. The zero-order valence-corrected chi connectivity index (χ0v) is 8.90. The number of hydrogen-bond donors (Lipinski definition) is 1. The van der Waals surface area contributed by atoms with Gasteiger partial charge >= 0.3 is 0 Å². The van der Waals surface area contributed by atoms with E-state index in [-0.39, 0.29) is 5.91 Å². The zero-order chi connectivity index (χ0) is 10.4. The average Bonchev–Trinajstić information content (AvgIpc) is 2.03. The highest BCUT2D eigenvalue weighted by molar-refractivity contribution is 6.35. The van der Waals surface area contributed by atoms with Gasteiger partial charge in [0, 0.05) is 7.05 Å². The summed E-state index contributed by atoms with van der Waals surface area (Å²) in [7, 11) is 1.57. The normalized spacial score (nSPS) is 12.6. The molecule has 0 aliphatic rings. The van der Waals surface area contributed by atoms with Crippen molar-refractivity contribution in [1.82, 2.24) is 5.32 Å². The Balaban J connectivity index is 4.81. The number of allylic oxidation sites excluding steroid dienone is 3. The summed E-state index contributed by atoms with van der Waals surface area (Å²) in [5, 5.41) is 2.92. The SMILES string of the molecule is C=C(C)/C=C(Cl)\C(=C/C)C(=O)NC. The van der Waals surface area contributed by atoms with Crippen LogP contribution in [-0.4, -0.2) is 13.0 Å². The van der Waals surface area contributed by atoms with Gasteiger partial charge in [0.2, 0.25) is 0 Å². The van der Waals surface area contributed by atoms with Gasteiger partial charge in [0.1, 0.15) is 0 Å². The molecule has 0 atom stereocenters. The molecule has 0 aromatic heterocycles. The molecule has 0 aliphatic carbocycles. The summed E-state index contributed by atoms with van der Waals surface area (Å²) < 4.78 is 0. The molecule has 0 saturated heterocycles. The molecule has 0 aromatic rings. The number of rotatable bonds is 3. The number of halogens is 1. The second-order valence-corrected chi connectivity index (χ2v) is 3.03. The largest absolute Gasteiger partial charge is 0.355 e. The van der Waals surface area contributed by atoms with E-state index in [0.717, 1.165) is 5.57 Å². The van der Waals surface area contributed by atoms with Crippen molar-refractivity contribution in [3.63, 3.8) is 0 Å². The fraction of sp³-hybridized carbons (Fsp3) is 0.300. The van der Waals surface area contributed by atoms with Gasteiger partial charge in [-0.3, -0.25) is 4.79 Å². The summed E-state index contributed by atoms with van der Waals surface area (Å²) in [6, 6.07) is 0. The molecule has 0 aliphatic heterocycles. The van der Waals surface area contributed by atoms with Gasteiger partial charge in [0.25, 0.3) is 5.91 Å². The quantitative estimate of drug-likeness (QED) is 0.549. The summed E-state index contributed by atoms with van der Waals surface area (Å²) in [6.45, 7) is 7.26. The molecule has 0 radical (unpaired) electrons. The molecular weight excluding hydrogens is 186 g/mol. The average molecular weight is 200 g/mol. The van der Waals surface area contributed by atoms with E-state index in [0.29, 0.717) is 10.6 Å². The van der Waals surface area contributed by atoms with Crippen molar-refractivity contribution in [1.29, 1.82) is 0 Å². The lowest BCUT2D eigenvalue weighted by Crippen LogP contribution is -2.20. The summed E-state index contributed by atoms with van der Waals surface area (Å²) >= 11 is 5.89. The molecule has 1 N–H and O–H groups in total. The molecule has 0 bridgehead atoms. The third-order valence-corrected chi connectivity index (χ3v) is 1.70. The van der Waals surface area contributed by atoms with Crippen molar-refractivity contribution < 1.29 is 4.79 Å². The number of carbonyl (C=O) groups excluding carboxylic acids is 1. The third-order valence-electron chi connectivity index (χ3n) is 1.39. The standard InChI is InChI=1S/C10H14ClNO/c1-5-8(10(13)12-4)9(11)6-7(2)3/h5-6H,2H2,1,3-4H3,(H,12,13)/b8-5+,9-6+. The summed E-state index contributed by atoms with van der Waals surface area (Å²) in [5.41, 5.74) is 1.28. The van der Waals surface area contributed by atoms with Crippen LogP contribution in [0.5, 0.6) is 0 Å². The number of nitrogens with one attached hydrogen (secondary N) is 1. The van der Waals surface area contributed by atoms with Gasteiger partial charge in [-0.2, -0.15) is 0 Å². The summed E-state index contributed by atoms with van der Waals surface area (Å²) in [6.07, 6.45) is 3.33. The molecule has 0 aromatic carbocycles. The molecule has 0 saturated carbocycles. The molecule has 0 spiro atoms. The van der Waals surface area contributed by atoms with Crippen molar-refractivity contribution >= 4 is 17.5 Å². The summed E-state index contributed by atoms with van der Waals surface area (Å²) in [5.74, 6) is -0.190. The van der Waals surface area contributed by atoms with Gasteiger partial charge in [-0.25, -0.2) is 0 Å². The maximum absolute atomic E-state index is 11.2. The Hall–Kier alpha value is -1.02. The first-order valence-electron chi connectivity index (χ1n) is 3.94. The van der Waals surface area contributed by atoms with E-state index in [1.54, 1.807) is 26.1 Å². The molecular formula is C10H14ClNO. The number of carbonyl (C=O) groups is 1. The molecule has 0 rings (SSSR count). The molecule has 13 heavy (non-hydrogen) atoms. The van der Waals surface area contributed by atoms with Gasteiger partial charge < -0.3 is 5.32 Å². The summed E-state index contributed by atoms with van der Waals surface area (Å²) in [4.78, 5) is 11.2. The predicted octanol–water partition coefficient (Wildman–Crippen LogP) is 2.38. The van der Waals surface area contributed by atoms with E-state index >= 15 is 0 Å². The second-order valence-electron chi connectivity index (χ2n) is 2.62. The Labute approximate surface area is 84.0 Å². The van der Waals surface area contributed by atoms with Crippen LogP contribution in [0.2, 0.25) is 0 Å². The highest BCUT2D eigenvalue weighted by Gasteiger charge is 2.09. The second kappa shape index (κ2) is 5.60. The highest BCUT2D eigenvalue weighted by Crippen LogP contribution is 2.16. The highest BCUT2D eigenvalue weighted by atomic mass is 35.5. The molecule has 72 valence electrons. The first-order chi connectivity index (χ1) is 6.02. The van der Waals surface area contributed by atoms with E-state index < -0.39 is 0 Å². The van der Waals surface area contributed by atoms with E-state index in [1.807, 2.05) is 6.92 Å². The molecule has 0 unspecified atom stereocenters. The lowest BCUT2D eigenvalue weighted by molar-refractivity contribution is -0.116. The van der Waals surface area contributed by atoms with Gasteiger partial charge in [0.15, 0.2) is 0 Å². The maximum Gasteiger partial charge on any atom is 0.252 e. The van der Waals surface area contributed by atoms with Crippen molar-refractivity contribution in [3.05, 3.63) is 34.9 Å². The van der Waals surface area contributed by atoms with Crippen molar-refractivity contribution in [3.8, 4) is 0 Å². The first-order valence-corrected chi connectivity index (χ1v) is 4.32. The number of likely N-dealkylation sites (N-methyl/N-ethyl adjacent to an activating group) is 1. The van der Waals surface area contributed by atoms with Crippen LogP contribution in [0.1, 0.15) is 13.8 Å². The predicted molar refractivity (Wildman–Crippen MR) is 56.6 cm³/mol. The maximum atomic E-state index is 11.2. The van der Waals surface area contributed by atoms with Crippen molar-refractivity contribution in [2.24, 2.45) is 0 Å². The van der Waals surface area contributed by atoms with Gasteiger partial charge in [-0.1, -0.05) is 29.8 Å². The lowest BCUT2D eigenvalue weighted by atomic mass is 10.2. The monoisotopic (exact) mass is 199 g/mol. The van der Waals surface area contributed by atoms with Gasteiger partial charge in [-0.05, 0) is 19.9 Å².